The molecule has 1 rings (SSSR count). The first-order valence-electron chi connectivity index (χ1n) is 8.46. The Labute approximate surface area is 147 Å². The van der Waals surface area contributed by atoms with Gasteiger partial charge in [-0.3, -0.25) is 9.59 Å². The van der Waals surface area contributed by atoms with Gasteiger partial charge >= 0.3 is 5.97 Å². The van der Waals surface area contributed by atoms with Crippen molar-refractivity contribution in [3.05, 3.63) is 0 Å². The topological polar surface area (TPSA) is 108 Å². The molecule has 138 valence electrons. The van der Waals surface area contributed by atoms with Gasteiger partial charge in [-0.25, -0.2) is 4.79 Å². The fourth-order valence-electron chi connectivity index (χ4n) is 2.62. The number of carboxylic acids is 1. The van der Waals surface area contributed by atoms with Crippen molar-refractivity contribution in [2.75, 3.05) is 18.6 Å². The zero-order valence-electron chi connectivity index (χ0n) is 14.6. The Morgan fingerprint density at radius 2 is 2.04 bits per heavy atom. The molecule has 0 saturated carbocycles. The van der Waals surface area contributed by atoms with Gasteiger partial charge in [-0.1, -0.05) is 20.3 Å². The summed E-state index contributed by atoms with van der Waals surface area (Å²) in [5, 5.41) is 17.7. The van der Waals surface area contributed by atoms with E-state index in [4.69, 9.17) is 0 Å². The molecule has 7 nitrogen and oxygen atoms in total. The first-order valence-corrected chi connectivity index (χ1v) is 9.85. The van der Waals surface area contributed by atoms with Crippen LogP contribution in [0.2, 0.25) is 0 Å². The van der Waals surface area contributed by atoms with Gasteiger partial charge in [-0.05, 0) is 43.7 Å². The van der Waals surface area contributed by atoms with Gasteiger partial charge in [-0.15, -0.1) is 0 Å². The van der Waals surface area contributed by atoms with Crippen LogP contribution in [0.1, 0.15) is 39.5 Å². The number of thioether (sulfide) groups is 1. The van der Waals surface area contributed by atoms with Gasteiger partial charge in [0, 0.05) is 0 Å². The SMILES string of the molecule is CC[C@H](C)[C@H](NC(=O)[C@@H]1CCCN1)C(=O)N[C@@H](CCSC)C(=O)O. The van der Waals surface area contributed by atoms with Crippen LogP contribution in [0.5, 0.6) is 0 Å². The van der Waals surface area contributed by atoms with Crippen LogP contribution in [-0.2, 0) is 14.4 Å². The second kappa shape index (κ2) is 10.6. The molecule has 0 unspecified atom stereocenters. The van der Waals surface area contributed by atoms with E-state index in [1.807, 2.05) is 20.1 Å². The first kappa shape index (κ1) is 20.8. The minimum atomic E-state index is -1.05. The highest BCUT2D eigenvalue weighted by molar-refractivity contribution is 7.98. The van der Waals surface area contributed by atoms with Gasteiger partial charge in [0.2, 0.25) is 11.8 Å². The van der Waals surface area contributed by atoms with Gasteiger partial charge in [0.1, 0.15) is 12.1 Å². The molecule has 2 amide bonds. The molecule has 4 N–H and O–H groups in total. The molecule has 8 heteroatoms. The molecule has 1 aliphatic rings. The highest BCUT2D eigenvalue weighted by Crippen LogP contribution is 2.12. The summed E-state index contributed by atoms with van der Waals surface area (Å²) in [6, 6.07) is -1.92. The summed E-state index contributed by atoms with van der Waals surface area (Å²) in [6.07, 6.45) is 4.64. The van der Waals surface area contributed by atoms with Crippen molar-refractivity contribution >= 4 is 29.5 Å². The number of carboxylic acid groups (broad SMARTS) is 1. The van der Waals surface area contributed by atoms with Gasteiger partial charge in [0.25, 0.3) is 0 Å². The van der Waals surface area contributed by atoms with Crippen molar-refractivity contribution in [3.63, 3.8) is 0 Å². The molecular formula is C16H29N3O4S. The Bertz CT molecular complexity index is 441. The Kier molecular flexibility index (Phi) is 9.13. The molecule has 1 aliphatic heterocycles. The molecule has 0 aromatic rings. The van der Waals surface area contributed by atoms with Crippen molar-refractivity contribution < 1.29 is 19.5 Å². The van der Waals surface area contributed by atoms with Gasteiger partial charge in [0.05, 0.1) is 6.04 Å². The smallest absolute Gasteiger partial charge is 0.326 e. The van der Waals surface area contributed by atoms with Crippen molar-refractivity contribution in [2.45, 2.75) is 57.7 Å². The van der Waals surface area contributed by atoms with Crippen molar-refractivity contribution in [1.29, 1.82) is 0 Å². The van der Waals surface area contributed by atoms with Crippen LogP contribution in [0.3, 0.4) is 0 Å². The minimum absolute atomic E-state index is 0.0784. The molecule has 1 saturated heterocycles. The summed E-state index contributed by atoms with van der Waals surface area (Å²) < 4.78 is 0. The van der Waals surface area contributed by atoms with E-state index in [2.05, 4.69) is 16.0 Å². The Hall–Kier alpha value is -1.28. The van der Waals surface area contributed by atoms with E-state index < -0.39 is 24.0 Å². The maximum atomic E-state index is 12.6. The van der Waals surface area contributed by atoms with Crippen molar-refractivity contribution in [2.24, 2.45) is 5.92 Å². The summed E-state index contributed by atoms with van der Waals surface area (Å²) in [7, 11) is 0. The van der Waals surface area contributed by atoms with Crippen LogP contribution in [0.4, 0.5) is 0 Å². The van der Waals surface area contributed by atoms with E-state index in [0.29, 0.717) is 18.6 Å². The van der Waals surface area contributed by atoms with E-state index in [-0.39, 0.29) is 17.9 Å². The fraction of sp³-hybridized carbons (Fsp3) is 0.812. The number of carbonyl (C=O) groups excluding carboxylic acids is 2. The Morgan fingerprint density at radius 1 is 1.33 bits per heavy atom. The van der Waals surface area contributed by atoms with Gasteiger partial charge in [-0.2, -0.15) is 11.8 Å². The molecule has 0 aromatic heterocycles. The van der Waals surface area contributed by atoms with E-state index in [1.165, 1.54) is 11.8 Å². The van der Waals surface area contributed by atoms with Crippen LogP contribution >= 0.6 is 11.8 Å². The summed E-state index contributed by atoms with van der Waals surface area (Å²) in [5.41, 5.74) is 0. The maximum absolute atomic E-state index is 12.6. The standard InChI is InChI=1S/C16H29N3O4S/c1-4-10(2)13(19-14(20)11-6-5-8-17-11)15(21)18-12(16(22)23)7-9-24-3/h10-13,17H,4-9H2,1-3H3,(H,18,21)(H,19,20)(H,22,23)/t10-,11-,12-,13-/m0/s1. The molecule has 0 radical (unpaired) electrons. The number of carbonyl (C=O) groups is 3. The Morgan fingerprint density at radius 3 is 2.54 bits per heavy atom. The summed E-state index contributed by atoms with van der Waals surface area (Å²) in [6.45, 7) is 4.62. The number of aliphatic carboxylic acids is 1. The number of hydrogen-bond acceptors (Lipinski definition) is 5. The van der Waals surface area contributed by atoms with Crippen LogP contribution in [0, 0.1) is 5.92 Å². The zero-order valence-corrected chi connectivity index (χ0v) is 15.4. The maximum Gasteiger partial charge on any atom is 0.326 e. The lowest BCUT2D eigenvalue weighted by Crippen LogP contribution is -2.56. The van der Waals surface area contributed by atoms with Crippen molar-refractivity contribution in [1.82, 2.24) is 16.0 Å². The van der Waals surface area contributed by atoms with Gasteiger partial charge < -0.3 is 21.1 Å². The van der Waals surface area contributed by atoms with E-state index >= 15 is 0 Å². The number of nitrogens with one attached hydrogen (secondary N) is 3. The molecule has 4 atom stereocenters. The second-order valence-electron chi connectivity index (χ2n) is 6.20. The average molecular weight is 359 g/mol. The molecular weight excluding hydrogens is 330 g/mol. The molecule has 0 bridgehead atoms. The number of hydrogen-bond donors (Lipinski definition) is 4. The molecule has 24 heavy (non-hydrogen) atoms. The second-order valence-corrected chi connectivity index (χ2v) is 7.19. The van der Waals surface area contributed by atoms with Gasteiger partial charge in [0.15, 0.2) is 0 Å². The molecule has 0 aliphatic carbocycles. The van der Waals surface area contributed by atoms with Crippen LogP contribution < -0.4 is 16.0 Å². The predicted molar refractivity (Wildman–Crippen MR) is 95.0 cm³/mol. The lowest BCUT2D eigenvalue weighted by molar-refractivity contribution is -0.142. The Balaban J connectivity index is 2.72. The summed E-state index contributed by atoms with van der Waals surface area (Å²) >= 11 is 1.53. The monoisotopic (exact) mass is 359 g/mol. The predicted octanol–water partition coefficient (Wildman–Crippen LogP) is 0.592. The van der Waals surface area contributed by atoms with Crippen molar-refractivity contribution in [3.8, 4) is 0 Å². The first-order chi connectivity index (χ1) is 11.4. The zero-order chi connectivity index (χ0) is 18.1. The van der Waals surface area contributed by atoms with E-state index in [9.17, 15) is 19.5 Å². The largest absolute Gasteiger partial charge is 0.480 e. The highest BCUT2D eigenvalue weighted by Gasteiger charge is 2.32. The average Bonchev–Trinajstić information content (AvgIpc) is 3.09. The van der Waals surface area contributed by atoms with Crippen LogP contribution in [-0.4, -0.2) is 59.6 Å². The lowest BCUT2D eigenvalue weighted by Gasteiger charge is -2.26. The van der Waals surface area contributed by atoms with Crippen LogP contribution in [0.25, 0.3) is 0 Å². The highest BCUT2D eigenvalue weighted by atomic mass is 32.2. The summed E-state index contributed by atoms with van der Waals surface area (Å²) in [5.74, 6) is -1.11. The molecule has 0 aromatic carbocycles. The van der Waals surface area contributed by atoms with Crippen LogP contribution in [0.15, 0.2) is 0 Å². The minimum Gasteiger partial charge on any atom is -0.480 e. The molecule has 0 spiro atoms. The number of amides is 2. The third kappa shape index (κ3) is 6.32. The van der Waals surface area contributed by atoms with E-state index in [0.717, 1.165) is 19.4 Å². The quantitative estimate of drug-likeness (QED) is 0.455. The molecule has 1 fully saturated rings. The number of rotatable bonds is 10. The fourth-order valence-corrected chi connectivity index (χ4v) is 3.09. The normalized spacial score (nSPS) is 20.9. The third-order valence-electron chi connectivity index (χ3n) is 4.40. The third-order valence-corrected chi connectivity index (χ3v) is 5.04. The van der Waals surface area contributed by atoms with E-state index in [1.54, 1.807) is 0 Å². The molecule has 1 heterocycles. The summed E-state index contributed by atoms with van der Waals surface area (Å²) in [4.78, 5) is 36.2. The lowest BCUT2D eigenvalue weighted by atomic mass is 9.97.